The molecule has 0 aliphatic heterocycles. The zero-order chi connectivity index (χ0) is 31.5. The highest BCUT2D eigenvalue weighted by Crippen LogP contribution is 2.58. The van der Waals surface area contributed by atoms with Crippen molar-refractivity contribution in [2.24, 2.45) is 23.2 Å². The Morgan fingerprint density at radius 1 is 0.913 bits per heavy atom. The molecule has 0 heteroatoms. The average Bonchev–Trinajstić information content (AvgIpc) is 3.73. The predicted molar refractivity (Wildman–Crippen MR) is 196 cm³/mol. The van der Waals surface area contributed by atoms with Gasteiger partial charge in [0.05, 0.1) is 0 Å². The Morgan fingerprint density at radius 2 is 1.70 bits per heavy atom. The average molecular weight is 605 g/mol. The van der Waals surface area contributed by atoms with E-state index < -0.39 is 0 Å². The number of terminal acetylenes is 1. The maximum Gasteiger partial charge on any atom is 0.0277 e. The molecule has 0 heterocycles. The fourth-order valence-corrected chi connectivity index (χ4v) is 9.54. The standard InChI is InChI=1S/C46H52/c1-4-38-18-16-37(31-44(38)43-25-28-46(32-43)26-8-27-46)30-36-14-19-40(20-15-36)45(34(3)12-13-35-9-6-5-7-10-35)41-23-21-39(22-24-41)42-17-11-33(2)29-42/h1,5-7,9-11,16-18,21-24,29,31,33,36,40,43,45H,3,8,12-15,19-20,25-28,30,32H2,2H3. The third-order valence-electron chi connectivity index (χ3n) is 12.4. The SMILES string of the molecule is C#Cc1ccc(CC2CCC(C(C(=C)CCc3ccccc3)c3ccc(C4=CC(C)C=C4)cc3)CC2)cc1C1CCC2(CCC2)C1. The minimum atomic E-state index is 0.424. The molecule has 0 aromatic heterocycles. The second-order valence-electron chi connectivity index (χ2n) is 15.4. The van der Waals surface area contributed by atoms with Crippen LogP contribution in [0.25, 0.3) is 5.57 Å². The van der Waals surface area contributed by atoms with E-state index in [1.807, 2.05) is 0 Å². The van der Waals surface area contributed by atoms with Gasteiger partial charge in [-0.25, -0.2) is 0 Å². The van der Waals surface area contributed by atoms with E-state index in [2.05, 4.69) is 104 Å². The first-order valence-electron chi connectivity index (χ1n) is 18.3. The summed E-state index contributed by atoms with van der Waals surface area (Å²) in [5.41, 5.74) is 11.7. The Morgan fingerprint density at radius 3 is 2.35 bits per heavy atom. The molecule has 0 amide bonds. The summed E-state index contributed by atoms with van der Waals surface area (Å²) in [6.07, 6.45) is 29.9. The van der Waals surface area contributed by atoms with E-state index in [9.17, 15) is 0 Å². The first kappa shape index (κ1) is 31.1. The molecule has 236 valence electrons. The van der Waals surface area contributed by atoms with Crippen molar-refractivity contribution in [3.05, 3.63) is 137 Å². The molecule has 3 aromatic carbocycles. The van der Waals surface area contributed by atoms with Crippen LogP contribution in [-0.4, -0.2) is 0 Å². The molecule has 3 atom stereocenters. The van der Waals surface area contributed by atoms with Gasteiger partial charge in [0, 0.05) is 11.5 Å². The summed E-state index contributed by atoms with van der Waals surface area (Å²) in [6, 6.07) is 27.6. The van der Waals surface area contributed by atoms with Crippen LogP contribution in [0.1, 0.15) is 123 Å². The molecular weight excluding hydrogens is 553 g/mol. The third-order valence-corrected chi connectivity index (χ3v) is 12.4. The molecule has 1 spiro atoms. The van der Waals surface area contributed by atoms with Gasteiger partial charge in [-0.05, 0) is 146 Å². The first-order valence-corrected chi connectivity index (χ1v) is 18.3. The van der Waals surface area contributed by atoms with Gasteiger partial charge in [-0.15, -0.1) is 6.42 Å². The van der Waals surface area contributed by atoms with Gasteiger partial charge in [0.15, 0.2) is 0 Å². The van der Waals surface area contributed by atoms with Crippen molar-refractivity contribution in [1.82, 2.24) is 0 Å². The fraction of sp³-hybridized carbons (Fsp3) is 0.435. The largest absolute Gasteiger partial charge is 0.115 e. The summed E-state index contributed by atoms with van der Waals surface area (Å²) in [5.74, 6) is 6.07. The number of hydrogen-bond acceptors (Lipinski definition) is 0. The van der Waals surface area contributed by atoms with Crippen molar-refractivity contribution in [3.63, 3.8) is 0 Å². The van der Waals surface area contributed by atoms with Gasteiger partial charge in [-0.1, -0.05) is 116 Å². The molecule has 3 fully saturated rings. The zero-order valence-corrected chi connectivity index (χ0v) is 28.0. The number of rotatable bonds is 10. The summed E-state index contributed by atoms with van der Waals surface area (Å²) >= 11 is 0. The molecule has 46 heavy (non-hydrogen) atoms. The van der Waals surface area contributed by atoms with Crippen molar-refractivity contribution >= 4 is 5.57 Å². The fourth-order valence-electron chi connectivity index (χ4n) is 9.54. The first-order chi connectivity index (χ1) is 22.5. The van der Waals surface area contributed by atoms with E-state index in [0.29, 0.717) is 29.1 Å². The second-order valence-corrected chi connectivity index (χ2v) is 15.4. The van der Waals surface area contributed by atoms with Crippen LogP contribution >= 0.6 is 0 Å². The van der Waals surface area contributed by atoms with Gasteiger partial charge < -0.3 is 0 Å². The van der Waals surface area contributed by atoms with E-state index in [1.165, 1.54) is 110 Å². The molecule has 4 aliphatic carbocycles. The highest BCUT2D eigenvalue weighted by atomic mass is 14.5. The second kappa shape index (κ2) is 13.7. The number of hydrogen-bond donors (Lipinski definition) is 0. The van der Waals surface area contributed by atoms with Crippen LogP contribution in [0.3, 0.4) is 0 Å². The number of aryl methyl sites for hydroxylation is 1. The van der Waals surface area contributed by atoms with Crippen molar-refractivity contribution in [2.75, 3.05) is 0 Å². The summed E-state index contributed by atoms with van der Waals surface area (Å²) < 4.78 is 0. The number of allylic oxidation sites excluding steroid dienone is 5. The molecule has 0 saturated heterocycles. The van der Waals surface area contributed by atoms with Crippen molar-refractivity contribution in [1.29, 1.82) is 0 Å². The van der Waals surface area contributed by atoms with Gasteiger partial charge in [0.2, 0.25) is 0 Å². The summed E-state index contributed by atoms with van der Waals surface area (Å²) in [5, 5.41) is 0. The Bertz CT molecular complexity index is 1610. The normalized spacial score (nSPS) is 25.5. The van der Waals surface area contributed by atoms with Gasteiger partial charge in [-0.3, -0.25) is 0 Å². The minimum absolute atomic E-state index is 0.424. The highest BCUT2D eigenvalue weighted by molar-refractivity contribution is 5.76. The van der Waals surface area contributed by atoms with Crippen LogP contribution in [-0.2, 0) is 12.8 Å². The highest BCUT2D eigenvalue weighted by Gasteiger charge is 2.44. The van der Waals surface area contributed by atoms with Crippen LogP contribution in [0.4, 0.5) is 0 Å². The van der Waals surface area contributed by atoms with Crippen molar-refractivity contribution in [3.8, 4) is 12.3 Å². The van der Waals surface area contributed by atoms with E-state index in [1.54, 1.807) is 0 Å². The summed E-state index contributed by atoms with van der Waals surface area (Å²) in [4.78, 5) is 0. The lowest BCUT2D eigenvalue weighted by atomic mass is 9.67. The molecule has 0 nitrogen and oxygen atoms in total. The minimum Gasteiger partial charge on any atom is -0.115 e. The van der Waals surface area contributed by atoms with E-state index in [0.717, 1.165) is 24.3 Å². The smallest absolute Gasteiger partial charge is 0.0277 e. The molecule has 3 unspecified atom stereocenters. The third kappa shape index (κ3) is 6.76. The van der Waals surface area contributed by atoms with Crippen LogP contribution in [0, 0.1) is 35.5 Å². The van der Waals surface area contributed by atoms with Gasteiger partial charge in [0.1, 0.15) is 0 Å². The lowest BCUT2D eigenvalue weighted by Gasteiger charge is -2.38. The molecule has 0 N–H and O–H groups in total. The van der Waals surface area contributed by atoms with Crippen molar-refractivity contribution < 1.29 is 0 Å². The van der Waals surface area contributed by atoms with Crippen molar-refractivity contribution in [2.45, 2.75) is 102 Å². The zero-order valence-electron chi connectivity index (χ0n) is 28.0. The summed E-state index contributed by atoms with van der Waals surface area (Å²) in [7, 11) is 0. The Kier molecular flexibility index (Phi) is 9.22. The van der Waals surface area contributed by atoms with Gasteiger partial charge in [-0.2, -0.15) is 0 Å². The Hall–Kier alpha value is -3.56. The predicted octanol–water partition coefficient (Wildman–Crippen LogP) is 12.0. The Labute approximate surface area is 279 Å². The number of benzene rings is 3. The molecular formula is C46H52. The van der Waals surface area contributed by atoms with Gasteiger partial charge >= 0.3 is 0 Å². The molecule has 3 saturated carbocycles. The van der Waals surface area contributed by atoms with Crippen LogP contribution in [0.15, 0.2) is 103 Å². The lowest BCUT2D eigenvalue weighted by molar-refractivity contribution is 0.141. The van der Waals surface area contributed by atoms with Crippen LogP contribution < -0.4 is 0 Å². The maximum atomic E-state index is 6.02. The van der Waals surface area contributed by atoms with Gasteiger partial charge in [0.25, 0.3) is 0 Å². The van der Waals surface area contributed by atoms with E-state index in [4.69, 9.17) is 13.0 Å². The van der Waals surface area contributed by atoms with E-state index >= 15 is 0 Å². The van der Waals surface area contributed by atoms with Crippen LogP contribution in [0.5, 0.6) is 0 Å². The topological polar surface area (TPSA) is 0 Å². The van der Waals surface area contributed by atoms with Crippen LogP contribution in [0.2, 0.25) is 0 Å². The molecule has 0 bridgehead atoms. The Balaban J connectivity index is 1.03. The summed E-state index contributed by atoms with van der Waals surface area (Å²) in [6.45, 7) is 7.02. The molecule has 3 aromatic rings. The molecule has 7 rings (SSSR count). The maximum absolute atomic E-state index is 6.02. The monoisotopic (exact) mass is 604 g/mol. The molecule has 4 aliphatic rings. The molecule has 0 radical (unpaired) electrons. The lowest BCUT2D eigenvalue weighted by Crippen LogP contribution is -2.25. The quantitative estimate of drug-likeness (QED) is 0.159. The van der Waals surface area contributed by atoms with E-state index in [-0.39, 0.29) is 0 Å².